The van der Waals surface area contributed by atoms with Crippen LogP contribution in [0, 0.1) is 0 Å². The Bertz CT molecular complexity index is 643. The van der Waals surface area contributed by atoms with E-state index in [4.69, 9.17) is 0 Å². The standard InChI is InChI=1S/C18H22N2O/c1-3-17-16(13-21)15-9-10-20(12-18(15)19(17)2)11-14-7-5-4-6-8-14/h4-8,13H,3,9-12H2,1-2H3. The predicted molar refractivity (Wildman–Crippen MR) is 84.4 cm³/mol. The molecule has 0 bridgehead atoms. The van der Waals surface area contributed by atoms with Gasteiger partial charge in [0.05, 0.1) is 0 Å². The smallest absolute Gasteiger partial charge is 0.152 e. The van der Waals surface area contributed by atoms with Crippen LogP contribution in [0.3, 0.4) is 0 Å². The van der Waals surface area contributed by atoms with Crippen LogP contribution in [-0.2, 0) is 33.0 Å². The number of benzene rings is 1. The van der Waals surface area contributed by atoms with Gasteiger partial charge in [0.2, 0.25) is 0 Å². The molecule has 21 heavy (non-hydrogen) atoms. The normalized spacial score (nSPS) is 15.0. The largest absolute Gasteiger partial charge is 0.349 e. The molecule has 3 heteroatoms. The number of aldehydes is 1. The van der Waals surface area contributed by atoms with Crippen molar-refractivity contribution in [3.05, 3.63) is 58.4 Å². The lowest BCUT2D eigenvalue weighted by Crippen LogP contribution is -2.31. The summed E-state index contributed by atoms with van der Waals surface area (Å²) >= 11 is 0. The van der Waals surface area contributed by atoms with Crippen molar-refractivity contribution in [3.63, 3.8) is 0 Å². The summed E-state index contributed by atoms with van der Waals surface area (Å²) in [5.41, 5.74) is 6.05. The Morgan fingerprint density at radius 3 is 2.67 bits per heavy atom. The Morgan fingerprint density at radius 1 is 1.24 bits per heavy atom. The van der Waals surface area contributed by atoms with E-state index in [0.717, 1.165) is 44.3 Å². The lowest BCUT2D eigenvalue weighted by atomic mass is 10.0. The van der Waals surface area contributed by atoms with Crippen molar-refractivity contribution in [2.75, 3.05) is 6.54 Å². The zero-order valence-corrected chi connectivity index (χ0v) is 12.8. The molecule has 1 aromatic carbocycles. The third-order valence-corrected chi connectivity index (χ3v) is 4.55. The number of rotatable bonds is 4. The van der Waals surface area contributed by atoms with Gasteiger partial charge in [-0.2, -0.15) is 0 Å². The van der Waals surface area contributed by atoms with Crippen LogP contribution in [0.2, 0.25) is 0 Å². The highest BCUT2D eigenvalue weighted by molar-refractivity contribution is 5.80. The van der Waals surface area contributed by atoms with E-state index in [0.29, 0.717) is 0 Å². The molecule has 3 rings (SSSR count). The lowest BCUT2D eigenvalue weighted by Gasteiger charge is -2.28. The molecule has 0 saturated heterocycles. The maximum absolute atomic E-state index is 11.4. The number of nitrogens with zero attached hydrogens (tertiary/aromatic N) is 2. The first-order chi connectivity index (χ1) is 10.2. The third-order valence-electron chi connectivity index (χ3n) is 4.55. The van der Waals surface area contributed by atoms with Gasteiger partial charge in [-0.3, -0.25) is 9.69 Å². The molecule has 0 atom stereocenters. The lowest BCUT2D eigenvalue weighted by molar-refractivity contribution is 0.112. The van der Waals surface area contributed by atoms with Crippen LogP contribution in [0.5, 0.6) is 0 Å². The number of hydrogen-bond acceptors (Lipinski definition) is 2. The molecular formula is C18H22N2O. The number of carbonyl (C=O) groups is 1. The molecule has 0 N–H and O–H groups in total. The Morgan fingerprint density at radius 2 is 2.00 bits per heavy atom. The second-order valence-corrected chi connectivity index (χ2v) is 5.76. The van der Waals surface area contributed by atoms with Gasteiger partial charge in [-0.25, -0.2) is 0 Å². The summed E-state index contributed by atoms with van der Waals surface area (Å²) < 4.78 is 2.23. The first-order valence-corrected chi connectivity index (χ1v) is 7.65. The van der Waals surface area contributed by atoms with Crippen molar-refractivity contribution in [2.45, 2.75) is 32.9 Å². The first kappa shape index (κ1) is 14.1. The Labute approximate surface area is 126 Å². The van der Waals surface area contributed by atoms with E-state index >= 15 is 0 Å². The molecule has 0 aliphatic carbocycles. The highest BCUT2D eigenvalue weighted by Crippen LogP contribution is 2.27. The van der Waals surface area contributed by atoms with E-state index in [2.05, 4.69) is 53.8 Å². The topological polar surface area (TPSA) is 25.2 Å². The molecule has 1 aliphatic rings. The van der Waals surface area contributed by atoms with Gasteiger partial charge in [0.1, 0.15) is 0 Å². The van der Waals surface area contributed by atoms with Crippen molar-refractivity contribution in [3.8, 4) is 0 Å². The van der Waals surface area contributed by atoms with Crippen LogP contribution in [0.15, 0.2) is 30.3 Å². The molecule has 0 fully saturated rings. The molecular weight excluding hydrogens is 260 g/mol. The predicted octanol–water partition coefficient (Wildman–Crippen LogP) is 2.96. The second kappa shape index (κ2) is 5.86. The van der Waals surface area contributed by atoms with Crippen LogP contribution in [-0.4, -0.2) is 22.3 Å². The molecule has 0 spiro atoms. The molecule has 0 saturated carbocycles. The van der Waals surface area contributed by atoms with Crippen molar-refractivity contribution < 1.29 is 4.79 Å². The summed E-state index contributed by atoms with van der Waals surface area (Å²) in [5.74, 6) is 0. The summed E-state index contributed by atoms with van der Waals surface area (Å²) in [6, 6.07) is 10.6. The molecule has 110 valence electrons. The molecule has 1 aliphatic heterocycles. The van der Waals surface area contributed by atoms with E-state index < -0.39 is 0 Å². The van der Waals surface area contributed by atoms with E-state index in [1.165, 1.54) is 22.5 Å². The minimum atomic E-state index is 0.913. The highest BCUT2D eigenvalue weighted by atomic mass is 16.1. The maximum atomic E-state index is 11.4. The summed E-state index contributed by atoms with van der Waals surface area (Å²) in [7, 11) is 2.09. The van der Waals surface area contributed by atoms with Crippen LogP contribution < -0.4 is 0 Å². The molecule has 0 radical (unpaired) electrons. The number of fused-ring (bicyclic) bond motifs is 1. The van der Waals surface area contributed by atoms with Crippen LogP contribution in [0.1, 0.15) is 39.8 Å². The van der Waals surface area contributed by atoms with Gasteiger partial charge in [-0.15, -0.1) is 0 Å². The van der Waals surface area contributed by atoms with Crippen molar-refractivity contribution >= 4 is 6.29 Å². The number of aromatic nitrogens is 1. The van der Waals surface area contributed by atoms with Gasteiger partial charge in [0.25, 0.3) is 0 Å². The fourth-order valence-corrected chi connectivity index (χ4v) is 3.46. The molecule has 0 amide bonds. The summed E-state index contributed by atoms with van der Waals surface area (Å²) in [5, 5.41) is 0. The van der Waals surface area contributed by atoms with Crippen molar-refractivity contribution in [1.82, 2.24) is 9.47 Å². The van der Waals surface area contributed by atoms with Gasteiger partial charge >= 0.3 is 0 Å². The fraction of sp³-hybridized carbons (Fsp3) is 0.389. The van der Waals surface area contributed by atoms with Gasteiger partial charge < -0.3 is 4.57 Å². The molecule has 2 heterocycles. The average Bonchev–Trinajstić information content (AvgIpc) is 2.79. The zero-order valence-electron chi connectivity index (χ0n) is 12.8. The minimum absolute atomic E-state index is 0.913. The summed E-state index contributed by atoms with van der Waals surface area (Å²) in [6.45, 7) is 5.05. The van der Waals surface area contributed by atoms with Gasteiger partial charge in [0, 0.05) is 43.6 Å². The molecule has 0 unspecified atom stereocenters. The van der Waals surface area contributed by atoms with E-state index in [1.54, 1.807) is 0 Å². The van der Waals surface area contributed by atoms with Crippen molar-refractivity contribution in [2.24, 2.45) is 7.05 Å². The zero-order chi connectivity index (χ0) is 14.8. The maximum Gasteiger partial charge on any atom is 0.152 e. The van der Waals surface area contributed by atoms with Crippen LogP contribution in [0.4, 0.5) is 0 Å². The van der Waals surface area contributed by atoms with E-state index in [9.17, 15) is 4.79 Å². The van der Waals surface area contributed by atoms with Gasteiger partial charge in [-0.05, 0) is 24.0 Å². The number of hydrogen-bond donors (Lipinski definition) is 0. The van der Waals surface area contributed by atoms with Gasteiger partial charge in [-0.1, -0.05) is 37.3 Å². The quantitative estimate of drug-likeness (QED) is 0.806. The Balaban J connectivity index is 1.85. The highest BCUT2D eigenvalue weighted by Gasteiger charge is 2.25. The van der Waals surface area contributed by atoms with Crippen LogP contribution in [0.25, 0.3) is 0 Å². The molecule has 2 aromatic rings. The van der Waals surface area contributed by atoms with Crippen molar-refractivity contribution in [1.29, 1.82) is 0 Å². The monoisotopic (exact) mass is 282 g/mol. The average molecular weight is 282 g/mol. The first-order valence-electron chi connectivity index (χ1n) is 7.65. The molecule has 3 nitrogen and oxygen atoms in total. The third kappa shape index (κ3) is 2.54. The summed E-state index contributed by atoms with van der Waals surface area (Å²) in [6.07, 6.45) is 2.94. The summed E-state index contributed by atoms with van der Waals surface area (Å²) in [4.78, 5) is 13.9. The van der Waals surface area contributed by atoms with Gasteiger partial charge in [0.15, 0.2) is 6.29 Å². The Hall–Kier alpha value is -1.87. The van der Waals surface area contributed by atoms with Crippen LogP contribution >= 0.6 is 0 Å². The SMILES string of the molecule is CCc1c(C=O)c2c(n1C)CN(Cc1ccccc1)CC2. The minimum Gasteiger partial charge on any atom is -0.349 e. The molecule has 1 aromatic heterocycles. The van der Waals surface area contributed by atoms with E-state index in [1.807, 2.05) is 0 Å². The Kier molecular flexibility index (Phi) is 3.93. The van der Waals surface area contributed by atoms with E-state index in [-0.39, 0.29) is 0 Å². The second-order valence-electron chi connectivity index (χ2n) is 5.76. The fourth-order valence-electron chi connectivity index (χ4n) is 3.46. The number of carbonyl (C=O) groups excluding carboxylic acids is 1.